The van der Waals surface area contributed by atoms with Crippen LogP contribution in [0.3, 0.4) is 0 Å². The van der Waals surface area contributed by atoms with E-state index in [0.29, 0.717) is 5.56 Å². The van der Waals surface area contributed by atoms with Crippen molar-refractivity contribution in [3.63, 3.8) is 0 Å². The summed E-state index contributed by atoms with van der Waals surface area (Å²) in [6, 6.07) is 9.66. The van der Waals surface area contributed by atoms with Crippen LogP contribution in [0.25, 0.3) is 0 Å². The summed E-state index contributed by atoms with van der Waals surface area (Å²) in [6.45, 7) is 3.78. The molecule has 0 unspecified atom stereocenters. The molecule has 2 aliphatic rings. The Balaban J connectivity index is 1.54. The molecule has 1 aliphatic heterocycles. The lowest BCUT2D eigenvalue weighted by Crippen LogP contribution is -2.32. The van der Waals surface area contributed by atoms with Crippen molar-refractivity contribution in [3.8, 4) is 6.07 Å². The van der Waals surface area contributed by atoms with Crippen LogP contribution in [0.5, 0.6) is 0 Å². The van der Waals surface area contributed by atoms with E-state index in [1.165, 1.54) is 38.9 Å². The lowest BCUT2D eigenvalue weighted by molar-refractivity contribution is -0.0159. The molecule has 0 amide bonds. The molecule has 1 aromatic rings. The van der Waals surface area contributed by atoms with Gasteiger partial charge in [0.1, 0.15) is 0 Å². The first-order chi connectivity index (χ1) is 10.7. The number of benzene rings is 1. The van der Waals surface area contributed by atoms with Crippen molar-refractivity contribution in [1.29, 1.82) is 5.26 Å². The quantitative estimate of drug-likeness (QED) is 0.926. The Bertz CT molecular complexity index is 535. The van der Waals surface area contributed by atoms with Crippen LogP contribution in [0.4, 0.5) is 0 Å². The molecular weight excluding hydrogens is 272 g/mol. The summed E-state index contributed by atoms with van der Waals surface area (Å²) in [7, 11) is 0. The fourth-order valence-electron chi connectivity index (χ4n) is 3.98. The van der Waals surface area contributed by atoms with Crippen molar-refractivity contribution < 1.29 is 5.11 Å². The predicted octanol–water partition coefficient (Wildman–Crippen LogP) is 3.42. The second-order valence-corrected chi connectivity index (χ2v) is 7.00. The molecule has 2 fully saturated rings. The average molecular weight is 298 g/mol. The van der Waals surface area contributed by atoms with E-state index in [0.717, 1.165) is 37.2 Å². The largest absolute Gasteiger partial charge is 0.385 e. The summed E-state index contributed by atoms with van der Waals surface area (Å²) < 4.78 is 0. The van der Waals surface area contributed by atoms with Crippen LogP contribution in [-0.2, 0) is 5.60 Å². The molecule has 0 radical (unpaired) electrons. The van der Waals surface area contributed by atoms with Gasteiger partial charge in [0.05, 0.1) is 17.2 Å². The fraction of sp³-hybridized carbons (Fsp3) is 0.632. The van der Waals surface area contributed by atoms with Gasteiger partial charge < -0.3 is 10.0 Å². The van der Waals surface area contributed by atoms with Crippen LogP contribution in [0.1, 0.15) is 56.1 Å². The molecule has 1 N–H and O–H groups in total. The number of hydrogen-bond acceptors (Lipinski definition) is 3. The Hall–Kier alpha value is -1.37. The minimum Gasteiger partial charge on any atom is -0.385 e. The highest BCUT2D eigenvalue weighted by Gasteiger charge is 2.34. The van der Waals surface area contributed by atoms with Crippen LogP contribution in [0, 0.1) is 17.2 Å². The molecule has 1 saturated carbocycles. The van der Waals surface area contributed by atoms with E-state index in [-0.39, 0.29) is 0 Å². The van der Waals surface area contributed by atoms with Crippen molar-refractivity contribution in [2.45, 2.75) is 50.5 Å². The van der Waals surface area contributed by atoms with Gasteiger partial charge in [-0.1, -0.05) is 12.1 Å². The molecule has 0 spiro atoms. The van der Waals surface area contributed by atoms with E-state index in [9.17, 15) is 5.11 Å². The SMILES string of the molecule is N#Cc1cccc([C@]2(O)CC[C@@H](CCN3CCCC3)CC2)c1. The second-order valence-electron chi connectivity index (χ2n) is 7.00. The highest BCUT2D eigenvalue weighted by molar-refractivity contribution is 5.35. The number of aliphatic hydroxyl groups is 1. The zero-order valence-electron chi connectivity index (χ0n) is 13.3. The van der Waals surface area contributed by atoms with Gasteiger partial charge in [-0.3, -0.25) is 0 Å². The summed E-state index contributed by atoms with van der Waals surface area (Å²) in [4.78, 5) is 2.58. The lowest BCUT2D eigenvalue weighted by atomic mass is 9.74. The van der Waals surface area contributed by atoms with Gasteiger partial charge in [0.2, 0.25) is 0 Å². The van der Waals surface area contributed by atoms with E-state index in [4.69, 9.17) is 5.26 Å². The fourth-order valence-corrected chi connectivity index (χ4v) is 3.98. The van der Waals surface area contributed by atoms with Gasteiger partial charge in [-0.15, -0.1) is 0 Å². The Kier molecular flexibility index (Phi) is 4.81. The number of nitrogens with zero attached hydrogens (tertiary/aromatic N) is 2. The molecule has 118 valence electrons. The maximum absolute atomic E-state index is 10.9. The standard InChI is InChI=1S/C19H26N2O/c20-15-17-4-3-5-18(14-17)19(22)9-6-16(7-10-19)8-13-21-11-1-2-12-21/h3-5,14,16,22H,1-2,6-13H2/t16-,19+. The zero-order chi connectivity index (χ0) is 15.4. The summed E-state index contributed by atoms with van der Waals surface area (Å²) in [6.07, 6.45) is 7.84. The second kappa shape index (κ2) is 6.81. The highest BCUT2D eigenvalue weighted by Crippen LogP contribution is 2.40. The monoisotopic (exact) mass is 298 g/mol. The summed E-state index contributed by atoms with van der Waals surface area (Å²) >= 11 is 0. The number of hydrogen-bond donors (Lipinski definition) is 1. The van der Waals surface area contributed by atoms with Crippen LogP contribution >= 0.6 is 0 Å². The molecule has 3 rings (SSSR count). The number of nitriles is 1. The minimum absolute atomic E-state index is 0.641. The van der Waals surface area contributed by atoms with Gasteiger partial charge in [0.25, 0.3) is 0 Å². The Labute approximate surface area is 133 Å². The van der Waals surface area contributed by atoms with Crippen molar-refractivity contribution in [1.82, 2.24) is 4.90 Å². The van der Waals surface area contributed by atoms with E-state index in [1.54, 1.807) is 6.07 Å². The molecule has 3 nitrogen and oxygen atoms in total. The van der Waals surface area contributed by atoms with Gasteiger partial charge in [-0.25, -0.2) is 0 Å². The third-order valence-corrected chi connectivity index (χ3v) is 5.51. The Morgan fingerprint density at radius 3 is 2.64 bits per heavy atom. The van der Waals surface area contributed by atoms with Gasteiger partial charge in [0.15, 0.2) is 0 Å². The van der Waals surface area contributed by atoms with Crippen LogP contribution in [0.15, 0.2) is 24.3 Å². The minimum atomic E-state index is -0.725. The third kappa shape index (κ3) is 3.51. The van der Waals surface area contributed by atoms with Crippen LogP contribution in [-0.4, -0.2) is 29.6 Å². The molecule has 0 atom stereocenters. The normalized spacial score (nSPS) is 29.4. The summed E-state index contributed by atoms with van der Waals surface area (Å²) in [5, 5.41) is 20.0. The molecule has 1 heterocycles. The Morgan fingerprint density at radius 2 is 1.95 bits per heavy atom. The summed E-state index contributed by atoms with van der Waals surface area (Å²) in [5.41, 5.74) is 0.836. The number of likely N-dealkylation sites (tertiary alicyclic amines) is 1. The van der Waals surface area contributed by atoms with Crippen molar-refractivity contribution >= 4 is 0 Å². The third-order valence-electron chi connectivity index (χ3n) is 5.51. The average Bonchev–Trinajstić information content (AvgIpc) is 3.08. The summed E-state index contributed by atoms with van der Waals surface area (Å²) in [5.74, 6) is 0.750. The molecular formula is C19H26N2O. The number of rotatable bonds is 4. The van der Waals surface area contributed by atoms with Crippen LogP contribution in [0.2, 0.25) is 0 Å². The first kappa shape index (κ1) is 15.5. The molecule has 1 saturated heterocycles. The zero-order valence-corrected chi connectivity index (χ0v) is 13.3. The molecule has 22 heavy (non-hydrogen) atoms. The van der Waals surface area contributed by atoms with Crippen molar-refractivity contribution in [2.75, 3.05) is 19.6 Å². The smallest absolute Gasteiger partial charge is 0.0991 e. The van der Waals surface area contributed by atoms with Gasteiger partial charge >= 0.3 is 0 Å². The molecule has 3 heteroatoms. The van der Waals surface area contributed by atoms with Crippen molar-refractivity contribution in [3.05, 3.63) is 35.4 Å². The maximum Gasteiger partial charge on any atom is 0.0991 e. The topological polar surface area (TPSA) is 47.3 Å². The maximum atomic E-state index is 10.9. The van der Waals surface area contributed by atoms with E-state index in [2.05, 4.69) is 11.0 Å². The van der Waals surface area contributed by atoms with Gasteiger partial charge in [-0.05, 0) is 88.2 Å². The first-order valence-electron chi connectivity index (χ1n) is 8.65. The van der Waals surface area contributed by atoms with Gasteiger partial charge in [0, 0.05) is 0 Å². The Morgan fingerprint density at radius 1 is 1.23 bits per heavy atom. The molecule has 1 aliphatic carbocycles. The van der Waals surface area contributed by atoms with E-state index in [1.807, 2.05) is 18.2 Å². The first-order valence-corrected chi connectivity index (χ1v) is 8.65. The van der Waals surface area contributed by atoms with Crippen molar-refractivity contribution in [2.24, 2.45) is 5.92 Å². The predicted molar refractivity (Wildman–Crippen MR) is 87.3 cm³/mol. The molecule has 0 aromatic heterocycles. The van der Waals surface area contributed by atoms with Crippen LogP contribution < -0.4 is 0 Å². The molecule has 0 bridgehead atoms. The van der Waals surface area contributed by atoms with E-state index >= 15 is 0 Å². The highest BCUT2D eigenvalue weighted by atomic mass is 16.3. The lowest BCUT2D eigenvalue weighted by Gasteiger charge is -2.37. The molecule has 1 aromatic carbocycles. The van der Waals surface area contributed by atoms with E-state index < -0.39 is 5.60 Å². The van der Waals surface area contributed by atoms with Gasteiger partial charge in [-0.2, -0.15) is 5.26 Å².